The van der Waals surface area contributed by atoms with Gasteiger partial charge in [0.25, 0.3) is 0 Å². The van der Waals surface area contributed by atoms with Crippen LogP contribution in [0.1, 0.15) is 25.8 Å². The predicted molar refractivity (Wildman–Crippen MR) is 118 cm³/mol. The van der Waals surface area contributed by atoms with Gasteiger partial charge in [-0.2, -0.15) is 0 Å². The second-order valence-corrected chi connectivity index (χ2v) is 6.31. The first-order valence-electron chi connectivity index (χ1n) is 9.15. The highest BCUT2D eigenvalue weighted by molar-refractivity contribution is 14.0. The van der Waals surface area contributed by atoms with Crippen molar-refractivity contribution in [3.05, 3.63) is 23.8 Å². The molecule has 148 valence electrons. The molecule has 1 fully saturated rings. The Morgan fingerprint density at radius 2 is 1.96 bits per heavy atom. The molecule has 0 aromatic heterocycles. The second kappa shape index (κ2) is 12.2. The maximum absolute atomic E-state index is 5.36. The minimum absolute atomic E-state index is 0. The van der Waals surface area contributed by atoms with Crippen molar-refractivity contribution in [2.24, 2.45) is 10.9 Å². The number of benzene rings is 1. The van der Waals surface area contributed by atoms with Crippen LogP contribution in [-0.2, 0) is 6.54 Å². The van der Waals surface area contributed by atoms with Crippen LogP contribution in [0.2, 0.25) is 0 Å². The van der Waals surface area contributed by atoms with Crippen molar-refractivity contribution in [2.45, 2.75) is 26.8 Å². The lowest BCUT2D eigenvalue weighted by molar-refractivity contribution is 0.342. The van der Waals surface area contributed by atoms with Gasteiger partial charge in [-0.1, -0.05) is 13.0 Å². The lowest BCUT2D eigenvalue weighted by Gasteiger charge is -2.16. The first-order valence-corrected chi connectivity index (χ1v) is 9.15. The van der Waals surface area contributed by atoms with E-state index in [1.807, 2.05) is 18.2 Å². The number of ether oxygens (including phenoxy) is 2. The maximum Gasteiger partial charge on any atom is 0.191 e. The summed E-state index contributed by atoms with van der Waals surface area (Å²) >= 11 is 0. The molecule has 26 heavy (non-hydrogen) atoms. The van der Waals surface area contributed by atoms with Crippen LogP contribution in [0.25, 0.3) is 0 Å². The van der Waals surface area contributed by atoms with Crippen LogP contribution < -0.4 is 20.1 Å². The Labute approximate surface area is 174 Å². The Hall–Kier alpha value is -1.22. The van der Waals surface area contributed by atoms with Crippen LogP contribution >= 0.6 is 24.0 Å². The summed E-state index contributed by atoms with van der Waals surface area (Å²) in [7, 11) is 3.29. The van der Waals surface area contributed by atoms with Crippen LogP contribution in [-0.4, -0.2) is 57.8 Å². The summed E-state index contributed by atoms with van der Waals surface area (Å²) in [5.74, 6) is 3.04. The van der Waals surface area contributed by atoms with E-state index in [9.17, 15) is 0 Å². The standard InChI is InChI=1S/C19H32N4O2.HI/c1-5-20-19(22-13-16-9-10-23(6-2)14-16)21-12-15-7-8-17(24-3)18(11-15)25-4;/h7-8,11,16H,5-6,9-10,12-14H2,1-4H3,(H2,20,21,22);1H. The molecule has 0 saturated carbocycles. The van der Waals surface area contributed by atoms with Crippen molar-refractivity contribution in [2.75, 3.05) is 46.9 Å². The Kier molecular flexibility index (Phi) is 10.7. The molecule has 1 saturated heterocycles. The number of guanidine groups is 1. The maximum atomic E-state index is 5.36. The topological polar surface area (TPSA) is 58.1 Å². The molecule has 2 rings (SSSR count). The molecule has 0 amide bonds. The quantitative estimate of drug-likeness (QED) is 0.344. The van der Waals surface area contributed by atoms with E-state index in [1.165, 1.54) is 19.5 Å². The van der Waals surface area contributed by atoms with Gasteiger partial charge in [0.1, 0.15) is 0 Å². The summed E-state index contributed by atoms with van der Waals surface area (Å²) in [5.41, 5.74) is 1.09. The third-order valence-electron chi connectivity index (χ3n) is 4.59. The smallest absolute Gasteiger partial charge is 0.191 e. The molecule has 1 aliphatic heterocycles. The second-order valence-electron chi connectivity index (χ2n) is 6.31. The fraction of sp³-hybridized carbons (Fsp3) is 0.632. The molecule has 6 nitrogen and oxygen atoms in total. The van der Waals surface area contributed by atoms with Crippen molar-refractivity contribution in [1.82, 2.24) is 15.5 Å². The number of halogens is 1. The van der Waals surface area contributed by atoms with Crippen LogP contribution in [0.15, 0.2) is 23.2 Å². The third-order valence-corrected chi connectivity index (χ3v) is 4.59. The molecule has 0 radical (unpaired) electrons. The fourth-order valence-corrected chi connectivity index (χ4v) is 3.10. The van der Waals surface area contributed by atoms with Gasteiger partial charge < -0.3 is 25.0 Å². The summed E-state index contributed by atoms with van der Waals surface area (Å²) < 4.78 is 10.6. The Morgan fingerprint density at radius 1 is 1.19 bits per heavy atom. The number of rotatable bonds is 8. The molecule has 7 heteroatoms. The van der Waals surface area contributed by atoms with E-state index in [0.29, 0.717) is 12.5 Å². The highest BCUT2D eigenvalue weighted by Gasteiger charge is 2.20. The van der Waals surface area contributed by atoms with Crippen molar-refractivity contribution in [3.63, 3.8) is 0 Å². The molecule has 0 aliphatic carbocycles. The van der Waals surface area contributed by atoms with E-state index in [0.717, 1.165) is 42.7 Å². The normalized spacial score (nSPS) is 17.5. The van der Waals surface area contributed by atoms with Crippen molar-refractivity contribution in [3.8, 4) is 11.5 Å². The van der Waals surface area contributed by atoms with Crippen LogP contribution in [0.4, 0.5) is 0 Å². The van der Waals surface area contributed by atoms with Gasteiger partial charge in [0.15, 0.2) is 17.5 Å². The van der Waals surface area contributed by atoms with Gasteiger partial charge in [-0.05, 0) is 50.0 Å². The summed E-state index contributed by atoms with van der Waals surface area (Å²) in [6.45, 7) is 10.3. The van der Waals surface area contributed by atoms with Gasteiger partial charge >= 0.3 is 0 Å². The monoisotopic (exact) mass is 476 g/mol. The molecule has 1 atom stereocenters. The summed E-state index contributed by atoms with van der Waals surface area (Å²) in [5, 5.41) is 6.81. The number of hydrogen-bond acceptors (Lipinski definition) is 4. The molecule has 1 aromatic carbocycles. The number of likely N-dealkylation sites (tertiary alicyclic amines) is 1. The molecule has 1 aliphatic rings. The Balaban J connectivity index is 0.00000338. The third kappa shape index (κ3) is 6.83. The van der Waals surface area contributed by atoms with Crippen molar-refractivity contribution < 1.29 is 9.47 Å². The number of methoxy groups -OCH3 is 2. The van der Waals surface area contributed by atoms with E-state index in [4.69, 9.17) is 14.5 Å². The Morgan fingerprint density at radius 3 is 2.58 bits per heavy atom. The average Bonchev–Trinajstić information content (AvgIpc) is 3.11. The van der Waals surface area contributed by atoms with Gasteiger partial charge in [-0.3, -0.25) is 0 Å². The predicted octanol–water partition coefficient (Wildman–Crippen LogP) is 2.72. The number of hydrogen-bond donors (Lipinski definition) is 2. The zero-order valence-corrected chi connectivity index (χ0v) is 18.7. The summed E-state index contributed by atoms with van der Waals surface area (Å²) in [6, 6.07) is 5.91. The summed E-state index contributed by atoms with van der Waals surface area (Å²) in [4.78, 5) is 7.20. The van der Waals surface area contributed by atoms with Crippen molar-refractivity contribution >= 4 is 29.9 Å². The molecule has 1 aromatic rings. The number of nitrogens with zero attached hydrogens (tertiary/aromatic N) is 2. The zero-order chi connectivity index (χ0) is 18.1. The van der Waals surface area contributed by atoms with Gasteiger partial charge in [-0.15, -0.1) is 24.0 Å². The van der Waals surface area contributed by atoms with Gasteiger partial charge in [0.05, 0.1) is 20.8 Å². The number of nitrogens with one attached hydrogen (secondary N) is 2. The molecule has 2 N–H and O–H groups in total. The van der Waals surface area contributed by atoms with E-state index >= 15 is 0 Å². The molecule has 0 bridgehead atoms. The van der Waals surface area contributed by atoms with Crippen molar-refractivity contribution in [1.29, 1.82) is 0 Å². The molecular formula is C19H33IN4O2. The molecule has 1 unspecified atom stereocenters. The first kappa shape index (κ1) is 22.8. The van der Waals surface area contributed by atoms with Crippen LogP contribution in [0.5, 0.6) is 11.5 Å². The lowest BCUT2D eigenvalue weighted by Crippen LogP contribution is -2.40. The Bertz CT molecular complexity index is 568. The SMILES string of the molecule is CCNC(=NCc1ccc(OC)c(OC)c1)NCC1CCN(CC)C1.I. The van der Waals surface area contributed by atoms with E-state index in [2.05, 4.69) is 29.4 Å². The first-order chi connectivity index (χ1) is 12.2. The zero-order valence-electron chi connectivity index (χ0n) is 16.4. The minimum atomic E-state index is 0. The molecule has 1 heterocycles. The van der Waals surface area contributed by atoms with Crippen LogP contribution in [0, 0.1) is 5.92 Å². The highest BCUT2D eigenvalue weighted by Crippen LogP contribution is 2.27. The summed E-state index contributed by atoms with van der Waals surface area (Å²) in [6.07, 6.45) is 1.26. The molecule has 0 spiro atoms. The lowest BCUT2D eigenvalue weighted by atomic mass is 10.1. The van der Waals surface area contributed by atoms with Crippen LogP contribution in [0.3, 0.4) is 0 Å². The van der Waals surface area contributed by atoms with Gasteiger partial charge in [0.2, 0.25) is 0 Å². The largest absolute Gasteiger partial charge is 0.493 e. The van der Waals surface area contributed by atoms with Gasteiger partial charge in [0, 0.05) is 19.6 Å². The van der Waals surface area contributed by atoms with E-state index in [1.54, 1.807) is 14.2 Å². The fourth-order valence-electron chi connectivity index (χ4n) is 3.10. The minimum Gasteiger partial charge on any atom is -0.493 e. The highest BCUT2D eigenvalue weighted by atomic mass is 127. The van der Waals surface area contributed by atoms with Gasteiger partial charge in [-0.25, -0.2) is 4.99 Å². The molecular weight excluding hydrogens is 443 g/mol. The van der Waals surface area contributed by atoms with E-state index in [-0.39, 0.29) is 24.0 Å². The van der Waals surface area contributed by atoms with E-state index < -0.39 is 0 Å². The number of aliphatic imine (C=N–C) groups is 1. The average molecular weight is 476 g/mol.